The highest BCUT2D eigenvalue weighted by molar-refractivity contribution is 5.92. The third kappa shape index (κ3) is 3.39. The highest BCUT2D eigenvalue weighted by Crippen LogP contribution is 2.29. The molecule has 5 rings (SSSR count). The van der Waals surface area contributed by atoms with Crippen LogP contribution in [-0.4, -0.2) is 77.5 Å². The quantitative estimate of drug-likeness (QED) is 0.734. The number of fused-ring (bicyclic) bond motifs is 4. The number of carbonyl (C=O) groups is 2. The largest absolute Gasteiger partial charge is 0.338 e. The molecule has 2 amide bonds. The molecule has 10 heteroatoms. The first kappa shape index (κ1) is 16.6. The minimum absolute atomic E-state index is 0.0516. The molecule has 3 fully saturated rings. The lowest BCUT2D eigenvalue weighted by Crippen LogP contribution is -2.48. The van der Waals surface area contributed by atoms with Crippen LogP contribution in [0.5, 0.6) is 0 Å². The number of carbonyl (C=O) groups excluding carboxylic acids is 2. The SMILES string of the molecule is O=C(c1cnccn1)N1C[C@@H]2CC[C@H](C1)N(C(=O)CCn1cnnn1)C2. The number of amides is 2. The van der Waals surface area contributed by atoms with Gasteiger partial charge in [-0.25, -0.2) is 9.67 Å². The van der Waals surface area contributed by atoms with Gasteiger partial charge in [-0.3, -0.25) is 14.6 Å². The van der Waals surface area contributed by atoms with Crippen molar-refractivity contribution in [3.63, 3.8) is 0 Å². The second-order valence-electron chi connectivity index (χ2n) is 6.77. The summed E-state index contributed by atoms with van der Waals surface area (Å²) in [6, 6.07) is 0.0516. The van der Waals surface area contributed by atoms with Crippen LogP contribution in [0.1, 0.15) is 29.8 Å². The zero-order valence-corrected chi connectivity index (χ0v) is 14.3. The summed E-state index contributed by atoms with van der Waals surface area (Å²) in [5, 5.41) is 10.9. The summed E-state index contributed by atoms with van der Waals surface area (Å²) in [7, 11) is 0. The van der Waals surface area contributed by atoms with E-state index in [1.165, 1.54) is 18.7 Å². The molecule has 2 bridgehead atoms. The molecule has 0 saturated carbocycles. The van der Waals surface area contributed by atoms with Gasteiger partial charge in [-0.1, -0.05) is 0 Å². The minimum atomic E-state index is -0.113. The number of rotatable bonds is 4. The van der Waals surface area contributed by atoms with Gasteiger partial charge >= 0.3 is 0 Å². The Hall–Kier alpha value is -2.91. The van der Waals surface area contributed by atoms with Crippen LogP contribution in [0.15, 0.2) is 24.9 Å². The van der Waals surface area contributed by atoms with Gasteiger partial charge in [0.05, 0.1) is 12.7 Å². The highest BCUT2D eigenvalue weighted by atomic mass is 16.2. The molecule has 0 unspecified atom stereocenters. The third-order valence-corrected chi connectivity index (χ3v) is 5.05. The van der Waals surface area contributed by atoms with Gasteiger partial charge in [0.15, 0.2) is 0 Å². The maximum absolute atomic E-state index is 12.7. The lowest BCUT2D eigenvalue weighted by Gasteiger charge is -2.36. The van der Waals surface area contributed by atoms with E-state index in [2.05, 4.69) is 25.5 Å². The van der Waals surface area contributed by atoms with Crippen molar-refractivity contribution >= 4 is 11.8 Å². The first-order chi connectivity index (χ1) is 12.7. The minimum Gasteiger partial charge on any atom is -0.338 e. The van der Waals surface area contributed by atoms with Crippen molar-refractivity contribution in [3.8, 4) is 0 Å². The monoisotopic (exact) mass is 356 g/mol. The van der Waals surface area contributed by atoms with Gasteiger partial charge < -0.3 is 9.80 Å². The molecule has 0 radical (unpaired) electrons. The van der Waals surface area contributed by atoms with Crippen molar-refractivity contribution in [1.82, 2.24) is 40.0 Å². The molecule has 2 aromatic heterocycles. The van der Waals surface area contributed by atoms with Gasteiger partial charge in [-0.15, -0.1) is 5.10 Å². The van der Waals surface area contributed by atoms with Crippen molar-refractivity contribution in [3.05, 3.63) is 30.6 Å². The fraction of sp³-hybridized carbons (Fsp3) is 0.562. The van der Waals surface area contributed by atoms with Crippen LogP contribution in [0.4, 0.5) is 0 Å². The molecular weight excluding hydrogens is 336 g/mol. The lowest BCUT2D eigenvalue weighted by atomic mass is 9.94. The number of piperidine rings is 1. The Morgan fingerprint density at radius 1 is 1.15 bits per heavy atom. The van der Waals surface area contributed by atoms with Crippen molar-refractivity contribution < 1.29 is 9.59 Å². The Kier molecular flexibility index (Phi) is 4.55. The van der Waals surface area contributed by atoms with Gasteiger partial charge in [-0.2, -0.15) is 0 Å². The summed E-state index contributed by atoms with van der Waals surface area (Å²) in [5.74, 6) is 0.272. The average molecular weight is 356 g/mol. The van der Waals surface area contributed by atoms with E-state index in [1.807, 2.05) is 9.80 Å². The molecule has 0 N–H and O–H groups in total. The van der Waals surface area contributed by atoms with Gasteiger partial charge in [0.25, 0.3) is 5.91 Å². The van der Waals surface area contributed by atoms with E-state index in [1.54, 1.807) is 10.9 Å². The van der Waals surface area contributed by atoms with Gasteiger partial charge in [0, 0.05) is 44.5 Å². The maximum atomic E-state index is 12.7. The van der Waals surface area contributed by atoms with Crippen molar-refractivity contribution in [2.75, 3.05) is 19.6 Å². The molecule has 0 aliphatic carbocycles. The zero-order chi connectivity index (χ0) is 17.9. The summed E-state index contributed by atoms with van der Waals surface area (Å²) < 4.78 is 1.55. The number of nitrogens with zero attached hydrogens (tertiary/aromatic N) is 8. The van der Waals surface area contributed by atoms with E-state index < -0.39 is 0 Å². The second kappa shape index (κ2) is 7.14. The topological polar surface area (TPSA) is 110 Å². The molecule has 136 valence electrons. The standard InChI is InChI=1S/C16H20N8O2/c25-15(3-6-23-11-19-20-21-23)24-9-12-1-2-13(24)10-22(8-12)16(26)14-7-17-4-5-18-14/h4-5,7,11-13H,1-3,6,8-10H2/t12-,13+/m0/s1. The van der Waals surface area contributed by atoms with E-state index in [0.29, 0.717) is 44.2 Å². The van der Waals surface area contributed by atoms with Gasteiger partial charge in [-0.05, 0) is 29.2 Å². The Bertz CT molecular complexity index is 766. The summed E-state index contributed by atoms with van der Waals surface area (Å²) >= 11 is 0. The molecule has 10 nitrogen and oxygen atoms in total. The number of aromatic nitrogens is 6. The lowest BCUT2D eigenvalue weighted by molar-refractivity contribution is -0.135. The molecule has 3 aliphatic rings. The van der Waals surface area contributed by atoms with E-state index in [-0.39, 0.29) is 17.9 Å². The Labute approximate surface area is 150 Å². The van der Waals surface area contributed by atoms with Crippen molar-refractivity contribution in [2.45, 2.75) is 31.8 Å². The summed E-state index contributed by atoms with van der Waals surface area (Å²) in [4.78, 5) is 37.3. The molecule has 3 saturated heterocycles. The molecule has 26 heavy (non-hydrogen) atoms. The Morgan fingerprint density at radius 3 is 2.85 bits per heavy atom. The van der Waals surface area contributed by atoms with Crippen molar-refractivity contribution in [2.24, 2.45) is 5.92 Å². The molecule has 2 atom stereocenters. The third-order valence-electron chi connectivity index (χ3n) is 5.05. The number of tetrazole rings is 1. The van der Waals surface area contributed by atoms with Crippen LogP contribution in [0.3, 0.4) is 0 Å². The molecule has 0 spiro atoms. The number of hydrogen-bond acceptors (Lipinski definition) is 7. The predicted octanol–water partition coefficient (Wildman–Crippen LogP) is -0.384. The Balaban J connectivity index is 1.43. The van der Waals surface area contributed by atoms with E-state index in [0.717, 1.165) is 12.8 Å². The zero-order valence-electron chi connectivity index (χ0n) is 14.3. The van der Waals surface area contributed by atoms with Crippen LogP contribution in [0.25, 0.3) is 0 Å². The summed E-state index contributed by atoms with van der Waals surface area (Å²) in [5.41, 5.74) is 0.352. The highest BCUT2D eigenvalue weighted by Gasteiger charge is 2.38. The van der Waals surface area contributed by atoms with Crippen LogP contribution in [-0.2, 0) is 11.3 Å². The molecule has 2 aromatic rings. The first-order valence-electron chi connectivity index (χ1n) is 8.76. The summed E-state index contributed by atoms with van der Waals surface area (Å²) in [6.45, 7) is 2.36. The van der Waals surface area contributed by atoms with Gasteiger partial charge in [0.2, 0.25) is 5.91 Å². The first-order valence-corrected chi connectivity index (χ1v) is 8.76. The smallest absolute Gasteiger partial charge is 0.274 e. The maximum Gasteiger partial charge on any atom is 0.274 e. The fourth-order valence-electron chi connectivity index (χ4n) is 3.76. The number of hydrogen-bond donors (Lipinski definition) is 0. The van der Waals surface area contributed by atoms with Crippen molar-refractivity contribution in [1.29, 1.82) is 0 Å². The van der Waals surface area contributed by atoms with E-state index >= 15 is 0 Å². The second-order valence-corrected chi connectivity index (χ2v) is 6.77. The van der Waals surface area contributed by atoms with Crippen LogP contribution in [0.2, 0.25) is 0 Å². The van der Waals surface area contributed by atoms with Crippen LogP contribution in [0, 0.1) is 5.92 Å². The van der Waals surface area contributed by atoms with Gasteiger partial charge in [0.1, 0.15) is 12.0 Å². The average Bonchev–Trinajstić information content (AvgIpc) is 3.04. The van der Waals surface area contributed by atoms with Crippen LogP contribution < -0.4 is 0 Å². The Morgan fingerprint density at radius 2 is 2.08 bits per heavy atom. The van der Waals surface area contributed by atoms with Crippen LogP contribution >= 0.6 is 0 Å². The fourth-order valence-corrected chi connectivity index (χ4v) is 3.76. The van der Waals surface area contributed by atoms with E-state index in [4.69, 9.17) is 0 Å². The molecule has 3 aliphatic heterocycles. The number of aryl methyl sites for hydroxylation is 1. The molecular formula is C16H20N8O2. The normalized spacial score (nSPS) is 22.3. The summed E-state index contributed by atoms with van der Waals surface area (Å²) in [6.07, 6.45) is 8.37. The van der Waals surface area contributed by atoms with E-state index in [9.17, 15) is 9.59 Å². The molecule has 5 heterocycles. The molecule has 0 aromatic carbocycles. The predicted molar refractivity (Wildman–Crippen MR) is 88.6 cm³/mol.